The first kappa shape index (κ1) is 27.5. The molecule has 0 heterocycles. The minimum absolute atomic E-state index is 0.373. The van der Waals surface area contributed by atoms with Crippen LogP contribution in [0.25, 0.3) is 0 Å². The molecule has 0 fully saturated rings. The van der Waals surface area contributed by atoms with Crippen LogP contribution in [0.3, 0.4) is 0 Å². The van der Waals surface area contributed by atoms with E-state index in [4.69, 9.17) is 30.5 Å². The second kappa shape index (κ2) is 13.9. The highest BCUT2D eigenvalue weighted by molar-refractivity contribution is 6.30. The highest BCUT2D eigenvalue weighted by Crippen LogP contribution is 2.28. The predicted octanol–water partition coefficient (Wildman–Crippen LogP) is 6.42. The van der Waals surface area contributed by atoms with Gasteiger partial charge in [-0.1, -0.05) is 54.1 Å². The summed E-state index contributed by atoms with van der Waals surface area (Å²) < 4.78 is 22.8. The molecule has 200 valence electrons. The highest BCUT2D eigenvalue weighted by atomic mass is 35.5. The number of nitrogens with zero attached hydrogens (tertiary/aromatic N) is 1. The third kappa shape index (κ3) is 8.51. The molecule has 8 heteroatoms. The van der Waals surface area contributed by atoms with Gasteiger partial charge in [0.1, 0.15) is 24.7 Å². The quantitative estimate of drug-likeness (QED) is 0.164. The Labute approximate surface area is 232 Å². The van der Waals surface area contributed by atoms with E-state index in [1.54, 1.807) is 50.4 Å². The second-order valence-electron chi connectivity index (χ2n) is 8.57. The average molecular weight is 545 g/mol. The summed E-state index contributed by atoms with van der Waals surface area (Å²) >= 11 is 5.93. The molecule has 0 spiro atoms. The van der Waals surface area contributed by atoms with Crippen molar-refractivity contribution in [2.45, 2.75) is 26.2 Å². The molecular formula is C31H29ClN2O5. The minimum Gasteiger partial charge on any atom is -0.493 e. The van der Waals surface area contributed by atoms with Gasteiger partial charge in [-0.2, -0.15) is 5.10 Å². The van der Waals surface area contributed by atoms with Gasteiger partial charge in [-0.05, 0) is 78.2 Å². The lowest BCUT2D eigenvalue weighted by molar-refractivity contribution is -0.127. The molecule has 39 heavy (non-hydrogen) atoms. The van der Waals surface area contributed by atoms with E-state index in [0.29, 0.717) is 41.2 Å². The Morgan fingerprint density at radius 2 is 1.51 bits per heavy atom. The van der Waals surface area contributed by atoms with E-state index in [-0.39, 0.29) is 5.91 Å². The van der Waals surface area contributed by atoms with E-state index in [1.165, 1.54) is 6.21 Å². The lowest BCUT2D eigenvalue weighted by Crippen LogP contribution is -2.33. The molecule has 1 N–H and O–H groups in total. The summed E-state index contributed by atoms with van der Waals surface area (Å²) in [5.41, 5.74) is 5.30. The Kier molecular flexibility index (Phi) is 9.80. The maximum Gasteiger partial charge on any atom is 0.280 e. The first-order valence-corrected chi connectivity index (χ1v) is 12.7. The van der Waals surface area contributed by atoms with Gasteiger partial charge in [0, 0.05) is 5.02 Å². The number of hydrazone groups is 1. The Balaban J connectivity index is 1.24. The number of nitrogens with one attached hydrogen (secondary N) is 1. The molecular weight excluding hydrogens is 516 g/mol. The van der Waals surface area contributed by atoms with Crippen LogP contribution in [0.4, 0.5) is 0 Å². The largest absolute Gasteiger partial charge is 0.493 e. The fourth-order valence-electron chi connectivity index (χ4n) is 3.50. The van der Waals surface area contributed by atoms with Crippen LogP contribution in [0.1, 0.15) is 23.6 Å². The summed E-state index contributed by atoms with van der Waals surface area (Å²) in [6.07, 6.45) is 0.769. The van der Waals surface area contributed by atoms with Gasteiger partial charge >= 0.3 is 0 Å². The second-order valence-corrected chi connectivity index (χ2v) is 9.00. The van der Waals surface area contributed by atoms with Crippen LogP contribution in [0.15, 0.2) is 102 Å². The van der Waals surface area contributed by atoms with Crippen molar-refractivity contribution in [1.82, 2.24) is 5.43 Å². The Morgan fingerprint density at radius 1 is 0.846 bits per heavy atom. The molecule has 0 aliphatic rings. The normalized spacial score (nSPS) is 11.6. The average Bonchev–Trinajstić information content (AvgIpc) is 2.97. The zero-order valence-electron chi connectivity index (χ0n) is 21.7. The van der Waals surface area contributed by atoms with Gasteiger partial charge in [-0.15, -0.1) is 0 Å². The fraction of sp³-hybridized carbons (Fsp3) is 0.161. The van der Waals surface area contributed by atoms with Crippen LogP contribution in [-0.4, -0.2) is 25.3 Å². The zero-order chi connectivity index (χ0) is 27.5. The monoisotopic (exact) mass is 544 g/mol. The first-order valence-electron chi connectivity index (χ1n) is 12.3. The van der Waals surface area contributed by atoms with Crippen LogP contribution in [0.5, 0.6) is 23.0 Å². The number of carbonyl (C=O) groups is 1. The molecule has 1 atom stereocenters. The molecule has 0 aromatic heterocycles. The molecule has 1 amide bonds. The number of carbonyl (C=O) groups excluding carboxylic acids is 1. The summed E-state index contributed by atoms with van der Waals surface area (Å²) in [6.45, 7) is 2.50. The summed E-state index contributed by atoms with van der Waals surface area (Å²) in [5.74, 6) is 2.02. The topological polar surface area (TPSA) is 78.4 Å². The summed E-state index contributed by atoms with van der Waals surface area (Å²) in [6, 6.07) is 29.9. The van der Waals surface area contributed by atoms with Gasteiger partial charge in [0.05, 0.1) is 13.3 Å². The van der Waals surface area contributed by atoms with Crippen LogP contribution in [0, 0.1) is 0 Å². The van der Waals surface area contributed by atoms with Gasteiger partial charge < -0.3 is 18.9 Å². The van der Waals surface area contributed by atoms with E-state index >= 15 is 0 Å². The van der Waals surface area contributed by atoms with Gasteiger partial charge in [0.15, 0.2) is 17.6 Å². The van der Waals surface area contributed by atoms with Gasteiger partial charge in [-0.3, -0.25) is 4.79 Å². The summed E-state index contributed by atoms with van der Waals surface area (Å²) in [7, 11) is 1.56. The van der Waals surface area contributed by atoms with E-state index < -0.39 is 6.10 Å². The number of amides is 1. The van der Waals surface area contributed by atoms with E-state index in [2.05, 4.69) is 10.5 Å². The number of hydrogen-bond donors (Lipinski definition) is 1. The van der Waals surface area contributed by atoms with Crippen molar-refractivity contribution < 1.29 is 23.7 Å². The molecule has 0 bridgehead atoms. The molecule has 0 saturated heterocycles. The SMILES string of the molecule is COc1cc(/C=N/NC(=O)C(C)Oc2ccc(OCc3ccccc3)cc2)ccc1OCc1ccc(Cl)cc1. The molecule has 1 unspecified atom stereocenters. The third-order valence-corrected chi connectivity index (χ3v) is 5.89. The summed E-state index contributed by atoms with van der Waals surface area (Å²) in [4.78, 5) is 12.5. The van der Waals surface area contributed by atoms with Gasteiger partial charge in [-0.25, -0.2) is 5.43 Å². The molecule has 0 radical (unpaired) electrons. The molecule has 0 saturated carbocycles. The Morgan fingerprint density at radius 3 is 2.23 bits per heavy atom. The third-order valence-electron chi connectivity index (χ3n) is 5.64. The van der Waals surface area contributed by atoms with Crippen LogP contribution in [-0.2, 0) is 18.0 Å². The maximum atomic E-state index is 12.5. The number of rotatable bonds is 12. The fourth-order valence-corrected chi connectivity index (χ4v) is 3.63. The predicted molar refractivity (Wildman–Crippen MR) is 152 cm³/mol. The lowest BCUT2D eigenvalue weighted by Gasteiger charge is -2.14. The van der Waals surface area contributed by atoms with Crippen molar-refractivity contribution >= 4 is 23.7 Å². The number of hydrogen-bond acceptors (Lipinski definition) is 6. The number of benzene rings is 4. The van der Waals surface area contributed by atoms with E-state index in [9.17, 15) is 4.79 Å². The Bertz CT molecular complexity index is 1380. The maximum absolute atomic E-state index is 12.5. The summed E-state index contributed by atoms with van der Waals surface area (Å²) in [5, 5.41) is 4.72. The Hall–Kier alpha value is -4.49. The van der Waals surface area contributed by atoms with Gasteiger partial charge in [0.25, 0.3) is 5.91 Å². The standard InChI is InChI=1S/C31H29ClN2O5/c1-22(39-28-15-13-27(14-16-28)37-20-23-6-4-3-5-7-23)31(35)34-33-19-25-10-17-29(30(18-25)36-2)38-21-24-8-11-26(32)12-9-24/h3-19,22H,20-21H2,1-2H3,(H,34,35)/b33-19+. The van der Waals surface area contributed by atoms with Crippen molar-refractivity contribution in [3.05, 3.63) is 119 Å². The number of methoxy groups -OCH3 is 1. The van der Waals surface area contributed by atoms with Crippen molar-refractivity contribution in [2.75, 3.05) is 7.11 Å². The van der Waals surface area contributed by atoms with E-state index in [0.717, 1.165) is 16.7 Å². The molecule has 4 aromatic carbocycles. The highest BCUT2D eigenvalue weighted by Gasteiger charge is 2.14. The smallest absolute Gasteiger partial charge is 0.280 e. The van der Waals surface area contributed by atoms with Crippen molar-refractivity contribution in [3.8, 4) is 23.0 Å². The zero-order valence-corrected chi connectivity index (χ0v) is 22.4. The molecule has 7 nitrogen and oxygen atoms in total. The van der Waals surface area contributed by atoms with Crippen molar-refractivity contribution in [3.63, 3.8) is 0 Å². The molecule has 0 aliphatic heterocycles. The lowest BCUT2D eigenvalue weighted by atomic mass is 10.2. The first-order chi connectivity index (χ1) is 19.0. The molecule has 4 aromatic rings. The van der Waals surface area contributed by atoms with E-state index in [1.807, 2.05) is 60.7 Å². The molecule has 4 rings (SSSR count). The van der Waals surface area contributed by atoms with Crippen LogP contribution < -0.4 is 24.4 Å². The molecule has 0 aliphatic carbocycles. The van der Waals surface area contributed by atoms with Gasteiger partial charge in [0.2, 0.25) is 0 Å². The van der Waals surface area contributed by atoms with Crippen LogP contribution in [0.2, 0.25) is 5.02 Å². The number of halogens is 1. The number of ether oxygens (including phenoxy) is 4. The van der Waals surface area contributed by atoms with Crippen molar-refractivity contribution in [2.24, 2.45) is 5.10 Å². The van der Waals surface area contributed by atoms with Crippen LogP contribution >= 0.6 is 11.6 Å². The van der Waals surface area contributed by atoms with Crippen molar-refractivity contribution in [1.29, 1.82) is 0 Å². The minimum atomic E-state index is -0.753.